The van der Waals surface area contributed by atoms with Crippen LogP contribution in [0.15, 0.2) is 59.1 Å². The molecular formula is C18H15NO4. The molecule has 0 atom stereocenters. The molecule has 2 aromatic heterocycles. The summed E-state index contributed by atoms with van der Waals surface area (Å²) in [6.45, 7) is 2.58. The number of nitrogens with zero attached hydrogens (tertiary/aromatic N) is 1. The van der Waals surface area contributed by atoms with Crippen LogP contribution in [0.25, 0.3) is 22.6 Å². The Labute approximate surface area is 133 Å². The van der Waals surface area contributed by atoms with Gasteiger partial charge in [0.2, 0.25) is 5.76 Å². The lowest BCUT2D eigenvalue weighted by atomic mass is 10.1. The van der Waals surface area contributed by atoms with Crippen molar-refractivity contribution >= 4 is 5.97 Å². The van der Waals surface area contributed by atoms with E-state index in [0.29, 0.717) is 18.1 Å². The molecular weight excluding hydrogens is 294 g/mol. The van der Waals surface area contributed by atoms with E-state index in [-0.39, 0.29) is 5.76 Å². The van der Waals surface area contributed by atoms with Gasteiger partial charge in [0, 0.05) is 11.8 Å². The van der Waals surface area contributed by atoms with Gasteiger partial charge in [-0.15, -0.1) is 0 Å². The first kappa shape index (κ1) is 14.8. The fourth-order valence-electron chi connectivity index (χ4n) is 2.21. The van der Waals surface area contributed by atoms with Gasteiger partial charge in [-0.05, 0) is 42.8 Å². The van der Waals surface area contributed by atoms with Crippen LogP contribution in [0.1, 0.15) is 17.5 Å². The number of carboxylic acid groups (broad SMARTS) is 1. The summed E-state index contributed by atoms with van der Waals surface area (Å²) in [6.07, 6.45) is 1.73. The predicted octanol–water partition coefficient (Wildman–Crippen LogP) is 4.11. The van der Waals surface area contributed by atoms with Crippen molar-refractivity contribution in [1.82, 2.24) is 4.98 Å². The number of carboxylic acids is 1. The van der Waals surface area contributed by atoms with Crippen LogP contribution in [-0.4, -0.2) is 22.7 Å². The molecule has 0 aliphatic heterocycles. The Hall–Kier alpha value is -3.08. The lowest BCUT2D eigenvalue weighted by molar-refractivity contribution is 0.0663. The van der Waals surface area contributed by atoms with Crippen molar-refractivity contribution < 1.29 is 19.1 Å². The minimum Gasteiger partial charge on any atom is -0.494 e. The number of hydrogen-bond donors (Lipinski definition) is 1. The highest BCUT2D eigenvalue weighted by molar-refractivity contribution is 5.85. The van der Waals surface area contributed by atoms with Crippen molar-refractivity contribution in [2.45, 2.75) is 6.92 Å². The summed E-state index contributed by atoms with van der Waals surface area (Å²) >= 11 is 0. The average Bonchev–Trinajstić information content (AvgIpc) is 3.06. The second-order valence-electron chi connectivity index (χ2n) is 4.86. The molecule has 116 valence electrons. The summed E-state index contributed by atoms with van der Waals surface area (Å²) in [7, 11) is 0. The molecule has 2 heterocycles. The Morgan fingerprint density at radius 2 is 1.83 bits per heavy atom. The van der Waals surface area contributed by atoms with Crippen LogP contribution in [-0.2, 0) is 0 Å². The molecule has 1 N–H and O–H groups in total. The highest BCUT2D eigenvalue weighted by atomic mass is 16.5. The number of pyridine rings is 1. The Kier molecular flexibility index (Phi) is 4.10. The minimum atomic E-state index is -1.10. The molecule has 5 heteroatoms. The first-order chi connectivity index (χ1) is 11.2. The van der Waals surface area contributed by atoms with Crippen LogP contribution >= 0.6 is 0 Å². The molecule has 0 spiro atoms. The smallest absolute Gasteiger partial charge is 0.371 e. The van der Waals surface area contributed by atoms with Crippen LogP contribution in [0.5, 0.6) is 5.75 Å². The zero-order chi connectivity index (χ0) is 16.2. The molecule has 0 unspecified atom stereocenters. The van der Waals surface area contributed by atoms with Crippen molar-refractivity contribution in [2.24, 2.45) is 0 Å². The van der Waals surface area contributed by atoms with E-state index in [2.05, 4.69) is 4.98 Å². The second-order valence-corrected chi connectivity index (χ2v) is 4.86. The number of rotatable bonds is 5. The van der Waals surface area contributed by atoms with E-state index in [1.807, 2.05) is 37.3 Å². The molecule has 0 amide bonds. The molecule has 0 bridgehead atoms. The Balaban J connectivity index is 1.82. The van der Waals surface area contributed by atoms with Crippen LogP contribution in [0.4, 0.5) is 0 Å². The largest absolute Gasteiger partial charge is 0.494 e. The Bertz CT molecular complexity index is 804. The normalized spacial score (nSPS) is 10.5. The molecule has 0 saturated carbocycles. The second kappa shape index (κ2) is 6.36. The Morgan fingerprint density at radius 1 is 1.09 bits per heavy atom. The summed E-state index contributed by atoms with van der Waals surface area (Å²) in [5.74, 6) is 0.0675. The third-order valence-electron chi connectivity index (χ3n) is 3.33. The quantitative estimate of drug-likeness (QED) is 0.768. The van der Waals surface area contributed by atoms with Crippen LogP contribution in [0.2, 0.25) is 0 Å². The lowest BCUT2D eigenvalue weighted by Crippen LogP contribution is -1.91. The molecule has 5 nitrogen and oxygen atoms in total. The Morgan fingerprint density at radius 3 is 2.39 bits per heavy atom. The minimum absolute atomic E-state index is 0.0996. The van der Waals surface area contributed by atoms with Gasteiger partial charge in [0.15, 0.2) is 5.76 Å². The lowest BCUT2D eigenvalue weighted by Gasteiger charge is -2.05. The number of aromatic nitrogens is 1. The predicted molar refractivity (Wildman–Crippen MR) is 85.5 cm³/mol. The summed E-state index contributed by atoms with van der Waals surface area (Å²) in [6, 6.07) is 14.5. The monoisotopic (exact) mass is 309 g/mol. The van der Waals surface area contributed by atoms with E-state index in [0.717, 1.165) is 16.9 Å². The highest BCUT2D eigenvalue weighted by Crippen LogP contribution is 2.25. The first-order valence-electron chi connectivity index (χ1n) is 7.20. The molecule has 0 saturated heterocycles. The number of furan rings is 1. The molecule has 0 aliphatic carbocycles. The molecule has 3 aromatic rings. The third kappa shape index (κ3) is 3.23. The first-order valence-corrected chi connectivity index (χ1v) is 7.20. The summed E-state index contributed by atoms with van der Waals surface area (Å²) in [4.78, 5) is 15.2. The molecule has 3 rings (SSSR count). The number of aromatic carboxylic acids is 1. The van der Waals surface area contributed by atoms with E-state index in [1.54, 1.807) is 18.3 Å². The summed E-state index contributed by atoms with van der Waals surface area (Å²) in [5, 5.41) is 8.87. The zero-order valence-corrected chi connectivity index (χ0v) is 12.5. The average molecular weight is 309 g/mol. The number of hydrogen-bond acceptors (Lipinski definition) is 4. The van der Waals surface area contributed by atoms with E-state index in [1.165, 1.54) is 6.07 Å². The summed E-state index contributed by atoms with van der Waals surface area (Å²) in [5.41, 5.74) is 2.58. The van der Waals surface area contributed by atoms with Gasteiger partial charge in [-0.1, -0.05) is 18.2 Å². The number of carbonyl (C=O) groups is 1. The maximum atomic E-state index is 10.8. The molecule has 23 heavy (non-hydrogen) atoms. The van der Waals surface area contributed by atoms with Gasteiger partial charge in [0.25, 0.3) is 0 Å². The van der Waals surface area contributed by atoms with Gasteiger partial charge < -0.3 is 14.3 Å². The van der Waals surface area contributed by atoms with Crippen LogP contribution in [0, 0.1) is 0 Å². The molecule has 0 radical (unpaired) electrons. The number of ether oxygens (including phenoxy) is 1. The van der Waals surface area contributed by atoms with E-state index < -0.39 is 5.97 Å². The van der Waals surface area contributed by atoms with E-state index in [4.69, 9.17) is 14.3 Å². The maximum absolute atomic E-state index is 10.8. The summed E-state index contributed by atoms with van der Waals surface area (Å²) < 4.78 is 10.7. The molecule has 0 fully saturated rings. The van der Waals surface area contributed by atoms with Crippen molar-refractivity contribution in [1.29, 1.82) is 0 Å². The van der Waals surface area contributed by atoms with Crippen molar-refractivity contribution in [2.75, 3.05) is 6.61 Å². The van der Waals surface area contributed by atoms with Gasteiger partial charge in [-0.3, -0.25) is 4.98 Å². The van der Waals surface area contributed by atoms with Gasteiger partial charge in [0.1, 0.15) is 11.4 Å². The van der Waals surface area contributed by atoms with E-state index >= 15 is 0 Å². The van der Waals surface area contributed by atoms with Crippen LogP contribution < -0.4 is 4.74 Å². The fourth-order valence-corrected chi connectivity index (χ4v) is 2.21. The maximum Gasteiger partial charge on any atom is 0.371 e. The highest BCUT2D eigenvalue weighted by Gasteiger charge is 2.11. The topological polar surface area (TPSA) is 72.6 Å². The van der Waals surface area contributed by atoms with E-state index in [9.17, 15) is 4.79 Å². The standard InChI is InChI=1S/C18H15NO4/c1-2-22-14-6-3-12(4-7-14)13-5-8-15(19-11-13)16-9-10-17(23-16)18(20)21/h3-11H,2H2,1H3,(H,20,21). The molecule has 0 aliphatic rings. The van der Waals surface area contributed by atoms with Crippen LogP contribution in [0.3, 0.4) is 0 Å². The van der Waals surface area contributed by atoms with Gasteiger partial charge >= 0.3 is 5.97 Å². The zero-order valence-electron chi connectivity index (χ0n) is 12.5. The SMILES string of the molecule is CCOc1ccc(-c2ccc(-c3ccc(C(=O)O)o3)nc2)cc1. The molecule has 1 aromatic carbocycles. The number of benzene rings is 1. The van der Waals surface area contributed by atoms with Crippen molar-refractivity contribution in [3.8, 4) is 28.3 Å². The van der Waals surface area contributed by atoms with Crippen molar-refractivity contribution in [3.05, 3.63) is 60.5 Å². The third-order valence-corrected chi connectivity index (χ3v) is 3.33. The fraction of sp³-hybridized carbons (Fsp3) is 0.111. The van der Waals surface area contributed by atoms with Crippen molar-refractivity contribution in [3.63, 3.8) is 0 Å². The van der Waals surface area contributed by atoms with Gasteiger partial charge in [0.05, 0.1) is 6.61 Å². The van der Waals surface area contributed by atoms with Gasteiger partial charge in [-0.25, -0.2) is 4.79 Å². The van der Waals surface area contributed by atoms with Gasteiger partial charge in [-0.2, -0.15) is 0 Å².